The molecule has 224 valence electrons. The van der Waals surface area contributed by atoms with Crippen LogP contribution in [0, 0.1) is 5.82 Å². The predicted octanol–water partition coefficient (Wildman–Crippen LogP) is 7.27. The van der Waals surface area contributed by atoms with E-state index >= 15 is 0 Å². The lowest BCUT2D eigenvalue weighted by Gasteiger charge is -2.28. The second kappa shape index (κ2) is 11.8. The largest absolute Gasteiger partial charge is 0.478 e. The standard InChI is InChI=1S/C36H34FN3O4/c37-28-11-6-23(7-12-28)30-14-9-25-20-26(10-15-31(25)38-30)35-34(24-4-2-1-3-5-24)29-13-8-27(36(42)43)21-32(29)40(35)22-33(41)39-16-18-44-19-17-39/h6-15,20-21,24H,1-5,16-19,22H2,(H,42,43). The van der Waals surface area contributed by atoms with Crippen LogP contribution >= 0.6 is 0 Å². The van der Waals surface area contributed by atoms with E-state index in [-0.39, 0.29) is 23.8 Å². The van der Waals surface area contributed by atoms with Crippen LogP contribution in [0.1, 0.15) is 53.9 Å². The van der Waals surface area contributed by atoms with Crippen molar-refractivity contribution in [1.29, 1.82) is 0 Å². The number of rotatable bonds is 6. The van der Waals surface area contributed by atoms with E-state index < -0.39 is 5.97 Å². The summed E-state index contributed by atoms with van der Waals surface area (Å²) in [6.07, 6.45) is 5.61. The quantitative estimate of drug-likeness (QED) is 0.225. The van der Waals surface area contributed by atoms with Crippen molar-refractivity contribution in [1.82, 2.24) is 14.5 Å². The highest BCUT2D eigenvalue weighted by Crippen LogP contribution is 2.45. The molecule has 8 heteroatoms. The highest BCUT2D eigenvalue weighted by atomic mass is 19.1. The molecule has 0 radical (unpaired) electrons. The van der Waals surface area contributed by atoms with Gasteiger partial charge in [0, 0.05) is 29.4 Å². The van der Waals surface area contributed by atoms with Crippen LogP contribution in [0.15, 0.2) is 72.8 Å². The molecule has 0 atom stereocenters. The van der Waals surface area contributed by atoms with Crippen molar-refractivity contribution in [2.75, 3.05) is 26.3 Å². The van der Waals surface area contributed by atoms with Crippen LogP contribution in [-0.4, -0.2) is 57.7 Å². The van der Waals surface area contributed by atoms with Crippen molar-refractivity contribution >= 4 is 33.7 Å². The summed E-state index contributed by atoms with van der Waals surface area (Å²) >= 11 is 0. The minimum atomic E-state index is -0.992. The number of morpholine rings is 1. The third-order valence-corrected chi connectivity index (χ3v) is 9.12. The van der Waals surface area contributed by atoms with Gasteiger partial charge in [0.05, 0.1) is 41.2 Å². The van der Waals surface area contributed by atoms with Gasteiger partial charge in [-0.15, -0.1) is 0 Å². The van der Waals surface area contributed by atoms with E-state index in [2.05, 4.69) is 12.1 Å². The Morgan fingerprint density at radius 1 is 0.886 bits per heavy atom. The summed E-state index contributed by atoms with van der Waals surface area (Å²) in [6.45, 7) is 2.22. The molecule has 7 nitrogen and oxygen atoms in total. The highest BCUT2D eigenvalue weighted by Gasteiger charge is 2.29. The number of benzene rings is 3. The van der Waals surface area contributed by atoms with E-state index in [1.165, 1.54) is 24.1 Å². The van der Waals surface area contributed by atoms with Crippen molar-refractivity contribution in [3.63, 3.8) is 0 Å². The Hall–Kier alpha value is -4.56. The molecule has 1 aliphatic carbocycles. The number of aromatic nitrogens is 2. The third kappa shape index (κ3) is 5.35. The van der Waals surface area contributed by atoms with E-state index in [1.54, 1.807) is 24.3 Å². The molecule has 1 saturated carbocycles. The van der Waals surface area contributed by atoms with Gasteiger partial charge in [0.2, 0.25) is 5.91 Å². The maximum absolute atomic E-state index is 13.7. The van der Waals surface area contributed by atoms with Crippen molar-refractivity contribution in [3.05, 3.63) is 89.7 Å². The Kier molecular flexibility index (Phi) is 7.60. The van der Waals surface area contributed by atoms with Crippen LogP contribution in [0.3, 0.4) is 0 Å². The Morgan fingerprint density at radius 2 is 1.64 bits per heavy atom. The minimum absolute atomic E-state index is 0.00577. The van der Waals surface area contributed by atoms with Gasteiger partial charge in [0.1, 0.15) is 12.4 Å². The number of halogens is 1. The fraction of sp³-hybridized carbons (Fsp3) is 0.306. The second-order valence-electron chi connectivity index (χ2n) is 11.8. The van der Waals surface area contributed by atoms with Crippen molar-refractivity contribution in [2.24, 2.45) is 0 Å². The number of nitrogens with zero attached hydrogens (tertiary/aromatic N) is 3. The lowest BCUT2D eigenvalue weighted by molar-refractivity contribution is -0.135. The molecule has 0 unspecified atom stereocenters. The Balaban J connectivity index is 1.40. The SMILES string of the molecule is O=C(O)c1ccc2c(C3CCCCC3)c(-c3ccc4nc(-c5ccc(F)cc5)ccc4c3)n(CC(=O)N3CCOCC3)c2c1. The number of pyridine rings is 1. The zero-order chi connectivity index (χ0) is 30.2. The molecule has 1 aliphatic heterocycles. The predicted molar refractivity (Wildman–Crippen MR) is 168 cm³/mol. The average molecular weight is 592 g/mol. The lowest BCUT2D eigenvalue weighted by Crippen LogP contribution is -2.42. The molecular weight excluding hydrogens is 557 g/mol. The number of carbonyl (C=O) groups excluding carboxylic acids is 1. The molecule has 2 fully saturated rings. The maximum atomic E-state index is 13.7. The summed E-state index contributed by atoms with van der Waals surface area (Å²) in [5.41, 5.74) is 6.53. The summed E-state index contributed by atoms with van der Waals surface area (Å²) in [5.74, 6) is -0.973. The van der Waals surface area contributed by atoms with Gasteiger partial charge >= 0.3 is 5.97 Å². The van der Waals surface area contributed by atoms with Gasteiger partial charge in [-0.1, -0.05) is 37.5 Å². The Labute approximate surface area is 254 Å². The second-order valence-corrected chi connectivity index (χ2v) is 11.8. The molecule has 3 aromatic carbocycles. The molecular formula is C36H34FN3O4. The van der Waals surface area contributed by atoms with Crippen LogP contribution in [0.4, 0.5) is 4.39 Å². The first-order valence-corrected chi connectivity index (χ1v) is 15.4. The van der Waals surface area contributed by atoms with Gasteiger partial charge in [-0.25, -0.2) is 14.2 Å². The van der Waals surface area contributed by atoms with E-state index in [0.29, 0.717) is 32.2 Å². The monoisotopic (exact) mass is 591 g/mol. The minimum Gasteiger partial charge on any atom is -0.478 e. The number of carbonyl (C=O) groups is 2. The van der Waals surface area contributed by atoms with Gasteiger partial charge in [-0.3, -0.25) is 4.79 Å². The first-order valence-electron chi connectivity index (χ1n) is 15.4. The van der Waals surface area contributed by atoms with E-state index in [4.69, 9.17) is 9.72 Å². The molecule has 1 saturated heterocycles. The molecule has 1 amide bonds. The molecule has 1 N–H and O–H groups in total. The van der Waals surface area contributed by atoms with Gasteiger partial charge < -0.3 is 19.3 Å². The third-order valence-electron chi connectivity index (χ3n) is 9.12. The lowest BCUT2D eigenvalue weighted by atomic mass is 9.81. The normalized spacial score (nSPS) is 16.1. The molecule has 0 spiro atoms. The van der Waals surface area contributed by atoms with Crippen LogP contribution in [0.2, 0.25) is 0 Å². The topological polar surface area (TPSA) is 84.7 Å². The van der Waals surface area contributed by atoms with Crippen LogP contribution < -0.4 is 0 Å². The number of fused-ring (bicyclic) bond motifs is 2. The number of carboxylic acid groups (broad SMARTS) is 1. The average Bonchev–Trinajstić information content (AvgIpc) is 3.38. The molecule has 44 heavy (non-hydrogen) atoms. The van der Waals surface area contributed by atoms with Gasteiger partial charge in [-0.05, 0) is 84.5 Å². The Morgan fingerprint density at radius 3 is 2.39 bits per heavy atom. The van der Waals surface area contributed by atoms with Crippen LogP contribution in [0.5, 0.6) is 0 Å². The molecule has 3 heterocycles. The van der Waals surface area contributed by atoms with E-state index in [1.807, 2.05) is 33.7 Å². The smallest absolute Gasteiger partial charge is 0.335 e. The van der Waals surface area contributed by atoms with Crippen LogP contribution in [-0.2, 0) is 16.1 Å². The van der Waals surface area contributed by atoms with Crippen molar-refractivity contribution in [2.45, 2.75) is 44.6 Å². The Bertz CT molecular complexity index is 1870. The highest BCUT2D eigenvalue weighted by molar-refractivity contribution is 6.00. The fourth-order valence-corrected chi connectivity index (χ4v) is 6.89. The molecule has 7 rings (SSSR count). The van der Waals surface area contributed by atoms with Gasteiger partial charge in [0.15, 0.2) is 0 Å². The summed E-state index contributed by atoms with van der Waals surface area (Å²) in [5, 5.41) is 11.8. The molecule has 5 aromatic rings. The number of hydrogen-bond acceptors (Lipinski definition) is 4. The van der Waals surface area contributed by atoms with Crippen molar-refractivity contribution < 1.29 is 23.8 Å². The van der Waals surface area contributed by atoms with Crippen LogP contribution in [0.25, 0.3) is 44.3 Å². The number of ether oxygens (including phenoxy) is 1. The fourth-order valence-electron chi connectivity index (χ4n) is 6.89. The zero-order valence-corrected chi connectivity index (χ0v) is 24.5. The van der Waals surface area contributed by atoms with Crippen molar-refractivity contribution in [3.8, 4) is 22.5 Å². The van der Waals surface area contributed by atoms with E-state index in [0.717, 1.165) is 70.0 Å². The number of amides is 1. The molecule has 0 bridgehead atoms. The summed E-state index contributed by atoms with van der Waals surface area (Å²) in [7, 11) is 0. The van der Waals surface area contributed by atoms with Gasteiger partial charge in [0.25, 0.3) is 0 Å². The van der Waals surface area contributed by atoms with Gasteiger partial charge in [-0.2, -0.15) is 0 Å². The number of carboxylic acids is 1. The summed E-state index contributed by atoms with van der Waals surface area (Å²) in [4.78, 5) is 32.5. The molecule has 2 aliphatic rings. The number of hydrogen-bond donors (Lipinski definition) is 1. The maximum Gasteiger partial charge on any atom is 0.335 e. The first kappa shape index (κ1) is 28.2. The number of aromatic carboxylic acids is 1. The summed E-state index contributed by atoms with van der Waals surface area (Å²) in [6, 6.07) is 21.8. The zero-order valence-electron chi connectivity index (χ0n) is 24.5. The van der Waals surface area contributed by atoms with E-state index in [9.17, 15) is 19.1 Å². The summed E-state index contributed by atoms with van der Waals surface area (Å²) < 4.78 is 21.0. The first-order chi connectivity index (χ1) is 21.5. The molecule has 2 aromatic heterocycles.